The smallest absolute Gasteiger partial charge is 0.452 e. The molecule has 0 saturated carbocycles. The van der Waals surface area contributed by atoms with Gasteiger partial charge in [0.15, 0.2) is 0 Å². The number of nitrogens with zero attached hydrogens (tertiary/aromatic N) is 3. The summed E-state index contributed by atoms with van der Waals surface area (Å²) in [5.74, 6) is -0.587. The van der Waals surface area contributed by atoms with E-state index in [1.165, 1.54) is 6.07 Å². The van der Waals surface area contributed by atoms with Gasteiger partial charge < -0.3 is 9.47 Å². The second kappa shape index (κ2) is 11.0. The Balaban J connectivity index is 1.76. The summed E-state index contributed by atoms with van der Waals surface area (Å²) in [5, 5.41) is 4.74. The molecular weight excluding hydrogens is 580 g/mol. The Bertz CT molecular complexity index is 1480. The molecule has 4 rings (SSSR count). The van der Waals surface area contributed by atoms with E-state index in [0.29, 0.717) is 10.5 Å². The number of benzene rings is 3. The Morgan fingerprint density at radius 2 is 1.61 bits per heavy atom. The maximum absolute atomic E-state index is 13.7. The van der Waals surface area contributed by atoms with Crippen molar-refractivity contribution in [2.45, 2.75) is 24.9 Å². The molecule has 0 N–H and O–H groups in total. The van der Waals surface area contributed by atoms with Crippen LogP contribution in [0.15, 0.2) is 77.9 Å². The van der Waals surface area contributed by atoms with Crippen molar-refractivity contribution in [2.75, 3.05) is 18.6 Å². The molecule has 216 valence electrons. The molecule has 0 spiro atoms. The van der Waals surface area contributed by atoms with Crippen molar-refractivity contribution >= 4 is 35.1 Å². The highest BCUT2D eigenvalue weighted by Gasteiger charge is 2.45. The van der Waals surface area contributed by atoms with Gasteiger partial charge in [0.2, 0.25) is 0 Å². The number of carbonyl (C=O) groups is 2. The molecule has 0 aromatic heterocycles. The van der Waals surface area contributed by atoms with Crippen LogP contribution in [0, 0.1) is 0 Å². The number of amides is 3. The number of rotatable bonds is 4. The van der Waals surface area contributed by atoms with Crippen LogP contribution in [0.25, 0.3) is 0 Å². The van der Waals surface area contributed by atoms with E-state index in [9.17, 15) is 35.9 Å². The van der Waals surface area contributed by atoms with Gasteiger partial charge in [-0.3, -0.25) is 0 Å². The van der Waals surface area contributed by atoms with E-state index in [1.54, 1.807) is 37.3 Å². The molecule has 1 aliphatic heterocycles. The second-order valence-corrected chi connectivity index (χ2v) is 9.43. The zero-order valence-corrected chi connectivity index (χ0v) is 22.0. The zero-order chi connectivity index (χ0) is 30.2. The quantitative estimate of drug-likeness (QED) is 0.289. The first kappa shape index (κ1) is 29.7. The zero-order valence-electron chi connectivity index (χ0n) is 21.3. The Kier molecular flexibility index (Phi) is 7.94. The average Bonchev–Trinajstić information content (AvgIpc) is 3.27. The number of alkyl halides is 6. The maximum atomic E-state index is 13.7. The van der Waals surface area contributed by atoms with Crippen LogP contribution in [0.4, 0.5) is 41.6 Å². The van der Waals surface area contributed by atoms with Crippen LogP contribution in [0.2, 0.25) is 5.02 Å². The lowest BCUT2D eigenvalue weighted by molar-refractivity contribution is -0.274. The van der Waals surface area contributed by atoms with Crippen LogP contribution in [0.3, 0.4) is 0 Å². The molecule has 1 heterocycles. The van der Waals surface area contributed by atoms with Crippen LogP contribution in [-0.2, 0) is 16.3 Å². The van der Waals surface area contributed by atoms with Crippen molar-refractivity contribution in [3.63, 3.8) is 0 Å². The molecule has 0 radical (unpaired) electrons. The summed E-state index contributed by atoms with van der Waals surface area (Å²) in [6, 6.07) is 14.6. The minimum Gasteiger partial charge on any atom is -0.452 e. The Morgan fingerprint density at radius 3 is 2.15 bits per heavy atom. The lowest BCUT2D eigenvalue weighted by Gasteiger charge is -2.28. The van der Waals surface area contributed by atoms with Crippen LogP contribution < -0.4 is 9.64 Å². The Labute approximate surface area is 234 Å². The van der Waals surface area contributed by atoms with Gasteiger partial charge in [0, 0.05) is 5.56 Å². The fourth-order valence-corrected chi connectivity index (χ4v) is 4.64. The van der Waals surface area contributed by atoms with Gasteiger partial charge in [0.05, 0.1) is 41.1 Å². The first-order valence-electron chi connectivity index (χ1n) is 11.7. The molecule has 1 atom stereocenters. The number of hydrazone groups is 1. The maximum Gasteiger partial charge on any atom is 0.573 e. The Morgan fingerprint density at radius 1 is 0.976 bits per heavy atom. The van der Waals surface area contributed by atoms with E-state index < -0.39 is 46.4 Å². The summed E-state index contributed by atoms with van der Waals surface area (Å²) < 4.78 is 86.2. The lowest BCUT2D eigenvalue weighted by Crippen LogP contribution is -2.46. The molecule has 1 unspecified atom stereocenters. The molecule has 3 aromatic carbocycles. The summed E-state index contributed by atoms with van der Waals surface area (Å²) in [7, 11) is 1.00. The van der Waals surface area contributed by atoms with Gasteiger partial charge in [-0.15, -0.1) is 13.2 Å². The van der Waals surface area contributed by atoms with E-state index in [4.69, 9.17) is 16.3 Å². The normalized spacial score (nSPS) is 17.2. The highest BCUT2D eigenvalue weighted by Crippen LogP contribution is 2.39. The van der Waals surface area contributed by atoms with E-state index in [2.05, 4.69) is 9.84 Å². The highest BCUT2D eigenvalue weighted by molar-refractivity contribution is 6.32. The predicted molar refractivity (Wildman–Crippen MR) is 137 cm³/mol. The molecule has 14 heteroatoms. The third-order valence-corrected chi connectivity index (χ3v) is 6.58. The van der Waals surface area contributed by atoms with Gasteiger partial charge in [-0.25, -0.2) is 14.6 Å². The van der Waals surface area contributed by atoms with Gasteiger partial charge in [0.25, 0.3) is 0 Å². The van der Waals surface area contributed by atoms with E-state index in [1.807, 2.05) is 0 Å². The van der Waals surface area contributed by atoms with Crippen molar-refractivity contribution in [1.82, 2.24) is 5.01 Å². The number of imide groups is 1. The highest BCUT2D eigenvalue weighted by atomic mass is 35.5. The largest absolute Gasteiger partial charge is 0.573 e. The number of hydrogen-bond donors (Lipinski definition) is 0. The summed E-state index contributed by atoms with van der Waals surface area (Å²) in [6.07, 6.45) is -10.8. The van der Waals surface area contributed by atoms with Crippen molar-refractivity contribution in [3.8, 4) is 5.75 Å². The molecule has 41 heavy (non-hydrogen) atoms. The van der Waals surface area contributed by atoms with Crippen molar-refractivity contribution in [3.05, 3.63) is 94.5 Å². The lowest BCUT2D eigenvalue weighted by atomic mass is 9.76. The molecule has 7 nitrogen and oxygen atoms in total. The minimum absolute atomic E-state index is 0.154. The van der Waals surface area contributed by atoms with Crippen LogP contribution in [0.1, 0.15) is 23.6 Å². The summed E-state index contributed by atoms with van der Waals surface area (Å²) in [5.41, 5.74) is -1.24. The number of halogens is 7. The third-order valence-electron chi connectivity index (χ3n) is 6.27. The van der Waals surface area contributed by atoms with Crippen LogP contribution >= 0.6 is 11.6 Å². The van der Waals surface area contributed by atoms with Crippen LogP contribution in [0.5, 0.6) is 5.75 Å². The van der Waals surface area contributed by atoms with E-state index in [-0.39, 0.29) is 23.5 Å². The van der Waals surface area contributed by atoms with Crippen molar-refractivity contribution < 1.29 is 45.4 Å². The molecule has 3 aromatic rings. The van der Waals surface area contributed by atoms with Crippen molar-refractivity contribution in [1.29, 1.82) is 0 Å². The van der Waals surface area contributed by atoms with Crippen molar-refractivity contribution in [2.24, 2.45) is 5.10 Å². The molecule has 0 aliphatic carbocycles. The van der Waals surface area contributed by atoms with Gasteiger partial charge >= 0.3 is 24.7 Å². The number of urea groups is 1. The molecule has 0 saturated heterocycles. The Hall–Kier alpha value is -4.26. The molecule has 3 amide bonds. The van der Waals surface area contributed by atoms with E-state index in [0.717, 1.165) is 48.5 Å². The molecule has 0 fully saturated rings. The van der Waals surface area contributed by atoms with Gasteiger partial charge in [-0.1, -0.05) is 48.0 Å². The monoisotopic (exact) mass is 599 g/mol. The molecular formula is C27H20ClF6N3O4. The summed E-state index contributed by atoms with van der Waals surface area (Å²) in [6.45, 7) is 1.55. The first-order chi connectivity index (χ1) is 19.1. The van der Waals surface area contributed by atoms with Gasteiger partial charge in [0.1, 0.15) is 5.75 Å². The number of methoxy groups -OCH3 is 1. The number of hydrogen-bond acceptors (Lipinski definition) is 5. The number of ether oxygens (including phenoxy) is 2. The first-order valence-corrected chi connectivity index (χ1v) is 12.1. The predicted octanol–water partition coefficient (Wildman–Crippen LogP) is 7.63. The topological polar surface area (TPSA) is 71.4 Å². The summed E-state index contributed by atoms with van der Waals surface area (Å²) in [4.78, 5) is 26.9. The number of anilines is 1. The standard InChI is InChI=1S/C27H20ClF6N3O4/c1-25(17-6-4-3-5-7-17)15-36(35-22(25)16-8-13-20(21(28)14-16)26(29,30)31)23(38)37(24(39)40-2)18-9-11-19(12-10-18)41-27(32,33)34/h3-14H,15H2,1-2H3. The van der Waals surface area contributed by atoms with E-state index >= 15 is 0 Å². The molecule has 0 bridgehead atoms. The van der Waals surface area contributed by atoms with Gasteiger partial charge in [-0.05, 0) is 48.9 Å². The minimum atomic E-state index is -4.96. The fourth-order valence-electron chi connectivity index (χ4n) is 4.35. The number of carbonyl (C=O) groups excluding carboxylic acids is 2. The summed E-state index contributed by atoms with van der Waals surface area (Å²) >= 11 is 5.97. The molecule has 1 aliphatic rings. The van der Waals surface area contributed by atoms with Gasteiger partial charge in [-0.2, -0.15) is 23.2 Å². The average molecular weight is 600 g/mol. The second-order valence-electron chi connectivity index (χ2n) is 9.03. The fraction of sp³-hybridized carbons (Fsp3) is 0.222. The van der Waals surface area contributed by atoms with Crippen LogP contribution in [-0.4, -0.2) is 42.9 Å². The third kappa shape index (κ3) is 6.24. The SMILES string of the molecule is COC(=O)N(C(=O)N1CC(C)(c2ccccc2)C(c2ccc(C(F)(F)F)c(Cl)c2)=N1)c1ccc(OC(F)(F)F)cc1.